The largest absolute Gasteiger partial charge is 0.463 e. The topological polar surface area (TPSA) is 162 Å². The van der Waals surface area contributed by atoms with Gasteiger partial charge >= 0.3 is 17.9 Å². The van der Waals surface area contributed by atoms with Crippen molar-refractivity contribution >= 4 is 23.8 Å². The van der Waals surface area contributed by atoms with Crippen LogP contribution in [0.15, 0.2) is 0 Å². The number of carbonyl (C=O) groups excluding carboxylic acids is 4. The number of carbonyl (C=O) groups is 4. The van der Waals surface area contributed by atoms with E-state index < -0.39 is 53.5 Å². The zero-order valence-electron chi connectivity index (χ0n) is 17.4. The molecule has 0 radical (unpaired) electrons. The SMILES string of the molecule is CC(=O)NC12C(OCCOCCN)OC1(COC(C)=O)[C@H](OC(C)=O)C2OC(C)=O. The van der Waals surface area contributed by atoms with E-state index in [0.717, 1.165) is 0 Å². The second-order valence-corrected chi connectivity index (χ2v) is 7.00. The molecule has 3 N–H and O–H groups in total. The quantitative estimate of drug-likeness (QED) is 0.219. The number of amides is 1. The molecule has 0 aromatic rings. The third-order valence-corrected chi connectivity index (χ3v) is 4.79. The molecular formula is C18H28N2O10. The average molecular weight is 432 g/mol. The summed E-state index contributed by atoms with van der Waals surface area (Å²) in [5.41, 5.74) is 2.43. The summed E-state index contributed by atoms with van der Waals surface area (Å²) in [4.78, 5) is 46.8. The second-order valence-electron chi connectivity index (χ2n) is 7.00. The zero-order chi connectivity index (χ0) is 22.5. The summed E-state index contributed by atoms with van der Waals surface area (Å²) in [6, 6.07) is 0. The van der Waals surface area contributed by atoms with Crippen LogP contribution in [0.2, 0.25) is 0 Å². The van der Waals surface area contributed by atoms with Gasteiger partial charge in [0.15, 0.2) is 29.6 Å². The van der Waals surface area contributed by atoms with E-state index in [-0.39, 0.29) is 19.8 Å². The number of rotatable bonds is 11. The third kappa shape index (κ3) is 4.41. The van der Waals surface area contributed by atoms with Crippen LogP contribution in [-0.2, 0) is 47.6 Å². The van der Waals surface area contributed by atoms with Gasteiger partial charge in [0.25, 0.3) is 0 Å². The van der Waals surface area contributed by atoms with Gasteiger partial charge in [-0.25, -0.2) is 0 Å². The minimum Gasteiger partial charge on any atom is -0.463 e. The van der Waals surface area contributed by atoms with E-state index in [9.17, 15) is 19.2 Å². The Balaban J connectivity index is 2.32. The van der Waals surface area contributed by atoms with E-state index in [1.165, 1.54) is 27.7 Å². The summed E-state index contributed by atoms with van der Waals surface area (Å²) in [5.74, 6) is -2.42. The monoisotopic (exact) mass is 432 g/mol. The van der Waals surface area contributed by atoms with Gasteiger partial charge < -0.3 is 39.5 Å². The maximum absolute atomic E-state index is 12.0. The van der Waals surface area contributed by atoms with Crippen LogP contribution in [-0.4, -0.2) is 86.4 Å². The maximum Gasteiger partial charge on any atom is 0.303 e. The van der Waals surface area contributed by atoms with Gasteiger partial charge in [-0.05, 0) is 0 Å². The lowest BCUT2D eigenvalue weighted by Crippen LogP contribution is -3.01. The van der Waals surface area contributed by atoms with E-state index in [0.29, 0.717) is 13.2 Å². The molecule has 0 spiro atoms. The van der Waals surface area contributed by atoms with Crippen LogP contribution in [0, 0.1) is 0 Å². The Morgan fingerprint density at radius 3 is 2.10 bits per heavy atom. The fraction of sp³-hybridized carbons (Fsp3) is 0.778. The van der Waals surface area contributed by atoms with E-state index in [2.05, 4.69) is 5.32 Å². The lowest BCUT2D eigenvalue weighted by atomic mass is 9.53. The molecule has 12 nitrogen and oxygen atoms in total. The summed E-state index contributed by atoms with van der Waals surface area (Å²) in [5, 5.41) is 2.71. The van der Waals surface area contributed by atoms with Crippen molar-refractivity contribution in [3.63, 3.8) is 0 Å². The molecule has 2 aliphatic rings. The number of fused-ring (bicyclic) bond motifs is 1. The summed E-state index contributed by atoms with van der Waals surface area (Å²) < 4.78 is 32.6. The number of hydrogen-bond donors (Lipinski definition) is 2. The number of hydrogen-bond acceptors (Lipinski definition) is 11. The lowest BCUT2D eigenvalue weighted by molar-refractivity contribution is -0.473. The first kappa shape index (κ1) is 24.0. The Hall–Kier alpha value is -2.28. The number of nitrogens with two attached hydrogens (primary N) is 1. The summed E-state index contributed by atoms with van der Waals surface area (Å²) >= 11 is 0. The highest BCUT2D eigenvalue weighted by Crippen LogP contribution is 2.60. The second kappa shape index (κ2) is 9.69. The molecule has 5 atom stereocenters. The lowest BCUT2D eigenvalue weighted by Gasteiger charge is -2.73. The highest BCUT2D eigenvalue weighted by molar-refractivity contribution is 5.76. The van der Waals surface area contributed by atoms with Gasteiger partial charge in [-0.3, -0.25) is 19.2 Å². The van der Waals surface area contributed by atoms with Crippen LogP contribution in [0.25, 0.3) is 0 Å². The minimum absolute atomic E-state index is 0.0840. The molecule has 1 aliphatic heterocycles. The standard InChI is InChI=1S/C18H28N2O10/c1-10(21)20-18-15(29-13(4)24)14(28-12(3)23)17(18,9-27-11(2)22)30-16(18)26-8-7-25-6-5-19/h14-16H,5-9,19H2,1-4H3,(H,20,21)/t14-,15?,16?,17?,18?/m1/s1. The van der Waals surface area contributed by atoms with Gasteiger partial charge in [-0.15, -0.1) is 0 Å². The van der Waals surface area contributed by atoms with Crippen LogP contribution >= 0.6 is 0 Å². The molecule has 1 aliphatic carbocycles. The molecule has 1 saturated carbocycles. The molecule has 170 valence electrons. The summed E-state index contributed by atoms with van der Waals surface area (Å²) in [6.07, 6.45) is -3.32. The van der Waals surface area contributed by atoms with Crippen LogP contribution in [0.5, 0.6) is 0 Å². The molecule has 1 heterocycles. The Morgan fingerprint density at radius 1 is 0.933 bits per heavy atom. The van der Waals surface area contributed by atoms with E-state index in [1.54, 1.807) is 0 Å². The third-order valence-electron chi connectivity index (χ3n) is 4.79. The fourth-order valence-electron chi connectivity index (χ4n) is 3.79. The normalized spacial score (nSPS) is 31.4. The van der Waals surface area contributed by atoms with Gasteiger partial charge in [0, 0.05) is 34.2 Å². The van der Waals surface area contributed by atoms with Gasteiger partial charge in [-0.2, -0.15) is 0 Å². The fourth-order valence-corrected chi connectivity index (χ4v) is 3.79. The van der Waals surface area contributed by atoms with E-state index in [4.69, 9.17) is 34.2 Å². The smallest absolute Gasteiger partial charge is 0.303 e. The van der Waals surface area contributed by atoms with Crippen molar-refractivity contribution < 1.29 is 47.6 Å². The first-order chi connectivity index (χ1) is 14.1. The maximum atomic E-state index is 12.0. The molecule has 2 rings (SSSR count). The molecule has 0 bridgehead atoms. The molecule has 2 fully saturated rings. The molecule has 1 amide bonds. The predicted octanol–water partition coefficient (Wildman–Crippen LogP) is -1.61. The Labute approximate surface area is 173 Å². The minimum atomic E-state index is -1.49. The Kier molecular flexibility index (Phi) is 7.75. The summed E-state index contributed by atoms with van der Waals surface area (Å²) in [6.45, 7) is 5.42. The zero-order valence-corrected chi connectivity index (χ0v) is 17.4. The van der Waals surface area contributed by atoms with Crippen molar-refractivity contribution in [2.24, 2.45) is 5.73 Å². The first-order valence-corrected chi connectivity index (χ1v) is 9.44. The summed E-state index contributed by atoms with van der Waals surface area (Å²) in [7, 11) is 0. The Morgan fingerprint density at radius 2 is 1.57 bits per heavy atom. The van der Waals surface area contributed by atoms with E-state index >= 15 is 0 Å². The van der Waals surface area contributed by atoms with Crippen LogP contribution in [0.4, 0.5) is 0 Å². The number of esters is 3. The van der Waals surface area contributed by atoms with Gasteiger partial charge in [0.05, 0.1) is 19.8 Å². The van der Waals surface area contributed by atoms with Crippen molar-refractivity contribution in [2.45, 2.75) is 57.3 Å². The van der Waals surface area contributed by atoms with Gasteiger partial charge in [0.1, 0.15) is 6.61 Å². The molecule has 0 aromatic heterocycles. The molecule has 0 aromatic carbocycles. The Bertz CT molecular complexity index is 686. The van der Waals surface area contributed by atoms with Gasteiger partial charge in [-0.1, -0.05) is 0 Å². The average Bonchev–Trinajstić information content (AvgIpc) is 2.63. The van der Waals surface area contributed by atoms with Crippen molar-refractivity contribution in [3.05, 3.63) is 0 Å². The predicted molar refractivity (Wildman–Crippen MR) is 97.7 cm³/mol. The van der Waals surface area contributed by atoms with Crippen molar-refractivity contribution in [1.29, 1.82) is 0 Å². The van der Waals surface area contributed by atoms with Crippen LogP contribution < -0.4 is 11.1 Å². The highest BCUT2D eigenvalue weighted by atomic mass is 16.8. The molecule has 30 heavy (non-hydrogen) atoms. The number of ether oxygens (including phenoxy) is 6. The molecule has 1 saturated heterocycles. The van der Waals surface area contributed by atoms with Gasteiger partial charge in [0.2, 0.25) is 5.91 Å². The highest BCUT2D eigenvalue weighted by Gasteiger charge is 2.89. The van der Waals surface area contributed by atoms with Crippen LogP contribution in [0.3, 0.4) is 0 Å². The van der Waals surface area contributed by atoms with Crippen molar-refractivity contribution in [1.82, 2.24) is 5.32 Å². The van der Waals surface area contributed by atoms with Crippen molar-refractivity contribution in [3.8, 4) is 0 Å². The molecule has 4 unspecified atom stereocenters. The molecular weight excluding hydrogens is 404 g/mol. The van der Waals surface area contributed by atoms with E-state index in [1.807, 2.05) is 0 Å². The first-order valence-electron chi connectivity index (χ1n) is 9.44. The molecule has 12 heteroatoms. The van der Waals surface area contributed by atoms with Crippen molar-refractivity contribution in [2.75, 3.05) is 33.0 Å². The van der Waals surface area contributed by atoms with Crippen LogP contribution in [0.1, 0.15) is 27.7 Å². The number of nitrogens with one attached hydrogen (secondary N) is 1.